The molecule has 102 valence electrons. The summed E-state index contributed by atoms with van der Waals surface area (Å²) in [6.07, 6.45) is 2.02. The Bertz CT molecular complexity index is 310. The second-order valence-electron chi connectivity index (χ2n) is 6.33. The van der Waals surface area contributed by atoms with Crippen LogP contribution in [0.5, 0.6) is 0 Å². The second-order valence-corrected chi connectivity index (χ2v) is 6.33. The van der Waals surface area contributed by atoms with Crippen molar-refractivity contribution in [3.8, 4) is 0 Å². The van der Waals surface area contributed by atoms with E-state index in [0.717, 1.165) is 39.3 Å². The molecule has 0 aromatic heterocycles. The lowest BCUT2D eigenvalue weighted by Crippen LogP contribution is -2.40. The Balaban J connectivity index is 1.61. The fraction of sp³-hybridized carbons (Fsp3) is 1.00. The maximum Gasteiger partial charge on any atom is 0.171 e. The molecule has 2 aliphatic carbocycles. The summed E-state index contributed by atoms with van der Waals surface area (Å²) in [5, 5.41) is 0. The Morgan fingerprint density at radius 3 is 1.33 bits per heavy atom. The molecule has 0 aromatic carbocycles. The molecule has 0 N–H and O–H groups in total. The summed E-state index contributed by atoms with van der Waals surface area (Å²) >= 11 is 0. The van der Waals surface area contributed by atoms with Gasteiger partial charge in [0, 0.05) is 24.7 Å². The van der Waals surface area contributed by atoms with Crippen molar-refractivity contribution in [2.24, 2.45) is 23.7 Å². The normalized spacial score (nSPS) is 48.3. The third kappa shape index (κ3) is 1.30. The SMILES string of the molecule is C[C@@H]1[C@H]2CC3(OCCO3)[C@H](C)[C@H]2CC12OCCO2. The molecule has 2 aliphatic heterocycles. The van der Waals surface area contributed by atoms with Crippen LogP contribution in [0.1, 0.15) is 26.7 Å². The van der Waals surface area contributed by atoms with Gasteiger partial charge in [-0.05, 0) is 11.8 Å². The first-order chi connectivity index (χ1) is 8.67. The van der Waals surface area contributed by atoms with Crippen LogP contribution in [-0.2, 0) is 18.9 Å². The quantitative estimate of drug-likeness (QED) is 0.660. The monoisotopic (exact) mass is 254 g/mol. The summed E-state index contributed by atoms with van der Waals surface area (Å²) in [5.41, 5.74) is 0. The predicted octanol–water partition coefficient (Wildman–Crippen LogP) is 1.78. The highest BCUT2D eigenvalue weighted by molar-refractivity contribution is 5.08. The zero-order chi connectivity index (χ0) is 12.4. The van der Waals surface area contributed by atoms with Crippen LogP contribution in [0.2, 0.25) is 0 Å². The van der Waals surface area contributed by atoms with E-state index in [9.17, 15) is 0 Å². The molecular formula is C14H22O4. The van der Waals surface area contributed by atoms with Crippen molar-refractivity contribution >= 4 is 0 Å². The van der Waals surface area contributed by atoms with Gasteiger partial charge in [0.1, 0.15) is 0 Å². The smallest absolute Gasteiger partial charge is 0.171 e. The van der Waals surface area contributed by atoms with Gasteiger partial charge in [-0.15, -0.1) is 0 Å². The van der Waals surface area contributed by atoms with Crippen LogP contribution < -0.4 is 0 Å². The zero-order valence-corrected chi connectivity index (χ0v) is 11.2. The van der Waals surface area contributed by atoms with Crippen LogP contribution in [0.3, 0.4) is 0 Å². The maximum atomic E-state index is 5.95. The summed E-state index contributed by atoms with van der Waals surface area (Å²) < 4.78 is 23.8. The average molecular weight is 254 g/mol. The summed E-state index contributed by atoms with van der Waals surface area (Å²) in [6.45, 7) is 7.53. The van der Waals surface area contributed by atoms with Gasteiger partial charge in [-0.3, -0.25) is 0 Å². The minimum Gasteiger partial charge on any atom is -0.347 e. The molecule has 4 rings (SSSR count). The molecule has 0 bridgehead atoms. The topological polar surface area (TPSA) is 36.9 Å². The molecule has 0 radical (unpaired) electrons. The molecule has 2 spiro atoms. The standard InChI is InChI=1S/C14H22O4/c1-9-11-7-14(17-5-6-18-14)10(2)12(11)8-13(9)15-3-4-16-13/h9-12H,3-8H2,1-2H3/t9-,10-,11-,12-/m1/s1. The minimum atomic E-state index is -0.302. The second kappa shape index (κ2) is 3.69. The maximum absolute atomic E-state index is 5.95. The minimum absolute atomic E-state index is 0.302. The van der Waals surface area contributed by atoms with Crippen LogP contribution in [0.25, 0.3) is 0 Å². The van der Waals surface area contributed by atoms with Gasteiger partial charge in [0.05, 0.1) is 26.4 Å². The van der Waals surface area contributed by atoms with E-state index in [1.54, 1.807) is 0 Å². The molecule has 0 amide bonds. The molecular weight excluding hydrogens is 232 g/mol. The molecule has 4 aliphatic rings. The van der Waals surface area contributed by atoms with Gasteiger partial charge in [-0.2, -0.15) is 0 Å². The number of fused-ring (bicyclic) bond motifs is 1. The number of rotatable bonds is 0. The third-order valence-electron chi connectivity index (χ3n) is 5.81. The van der Waals surface area contributed by atoms with Gasteiger partial charge >= 0.3 is 0 Å². The lowest BCUT2D eigenvalue weighted by atomic mass is 9.90. The Morgan fingerprint density at radius 1 is 0.667 bits per heavy atom. The largest absolute Gasteiger partial charge is 0.347 e. The highest BCUT2D eigenvalue weighted by atomic mass is 16.7. The van der Waals surface area contributed by atoms with Crippen LogP contribution in [0, 0.1) is 23.7 Å². The number of hydrogen-bond acceptors (Lipinski definition) is 4. The van der Waals surface area contributed by atoms with E-state index in [2.05, 4.69) is 13.8 Å². The number of hydrogen-bond donors (Lipinski definition) is 0. The van der Waals surface area contributed by atoms with Crippen LogP contribution in [0.15, 0.2) is 0 Å². The Kier molecular flexibility index (Phi) is 2.39. The van der Waals surface area contributed by atoms with Gasteiger partial charge in [-0.1, -0.05) is 13.8 Å². The average Bonchev–Trinajstić information content (AvgIpc) is 3.10. The molecule has 4 heteroatoms. The van der Waals surface area contributed by atoms with E-state index in [4.69, 9.17) is 18.9 Å². The van der Waals surface area contributed by atoms with Crippen molar-refractivity contribution in [2.75, 3.05) is 26.4 Å². The van der Waals surface area contributed by atoms with Gasteiger partial charge < -0.3 is 18.9 Å². The fourth-order valence-corrected chi connectivity index (χ4v) is 4.78. The molecule has 0 unspecified atom stereocenters. The zero-order valence-electron chi connectivity index (χ0n) is 11.2. The van der Waals surface area contributed by atoms with Gasteiger partial charge in [-0.25, -0.2) is 0 Å². The first kappa shape index (κ1) is 11.6. The van der Waals surface area contributed by atoms with E-state index < -0.39 is 0 Å². The van der Waals surface area contributed by atoms with E-state index in [1.807, 2.05) is 0 Å². The first-order valence-electron chi connectivity index (χ1n) is 7.23. The van der Waals surface area contributed by atoms with Gasteiger partial charge in [0.15, 0.2) is 11.6 Å². The van der Waals surface area contributed by atoms with Crippen molar-refractivity contribution in [3.05, 3.63) is 0 Å². The van der Waals surface area contributed by atoms with Crippen LogP contribution in [0.4, 0.5) is 0 Å². The summed E-state index contributed by atoms with van der Waals surface area (Å²) in [5.74, 6) is 1.50. The highest BCUT2D eigenvalue weighted by Crippen LogP contribution is 2.61. The highest BCUT2D eigenvalue weighted by Gasteiger charge is 2.65. The van der Waals surface area contributed by atoms with Crippen molar-refractivity contribution < 1.29 is 18.9 Å². The third-order valence-corrected chi connectivity index (χ3v) is 5.81. The molecule has 2 heterocycles. The first-order valence-corrected chi connectivity index (χ1v) is 7.23. The summed E-state index contributed by atoms with van der Waals surface area (Å²) in [6, 6.07) is 0. The fourth-order valence-electron chi connectivity index (χ4n) is 4.78. The molecule has 4 fully saturated rings. The van der Waals surface area contributed by atoms with Gasteiger partial charge in [0.2, 0.25) is 0 Å². The summed E-state index contributed by atoms with van der Waals surface area (Å²) in [4.78, 5) is 0. The van der Waals surface area contributed by atoms with Crippen molar-refractivity contribution in [1.82, 2.24) is 0 Å². The van der Waals surface area contributed by atoms with E-state index in [0.29, 0.717) is 23.7 Å². The van der Waals surface area contributed by atoms with Crippen molar-refractivity contribution in [3.63, 3.8) is 0 Å². The van der Waals surface area contributed by atoms with E-state index in [-0.39, 0.29) is 11.6 Å². The van der Waals surface area contributed by atoms with Crippen LogP contribution >= 0.6 is 0 Å². The lowest BCUT2D eigenvalue weighted by Gasteiger charge is -2.34. The molecule has 0 aromatic rings. The Labute approximate surface area is 108 Å². The molecule has 2 saturated carbocycles. The Morgan fingerprint density at radius 2 is 1.00 bits per heavy atom. The summed E-state index contributed by atoms with van der Waals surface area (Å²) in [7, 11) is 0. The van der Waals surface area contributed by atoms with E-state index >= 15 is 0 Å². The predicted molar refractivity (Wildman–Crippen MR) is 63.8 cm³/mol. The van der Waals surface area contributed by atoms with Gasteiger partial charge in [0.25, 0.3) is 0 Å². The van der Waals surface area contributed by atoms with E-state index in [1.165, 1.54) is 0 Å². The molecule has 4 nitrogen and oxygen atoms in total. The molecule has 4 atom stereocenters. The molecule has 2 saturated heterocycles. The number of ether oxygens (including phenoxy) is 4. The Hall–Kier alpha value is -0.160. The molecule has 18 heavy (non-hydrogen) atoms. The van der Waals surface area contributed by atoms with Crippen LogP contribution in [-0.4, -0.2) is 38.0 Å². The van der Waals surface area contributed by atoms with Crippen molar-refractivity contribution in [1.29, 1.82) is 0 Å². The van der Waals surface area contributed by atoms with Crippen molar-refractivity contribution in [2.45, 2.75) is 38.3 Å². The lowest BCUT2D eigenvalue weighted by molar-refractivity contribution is -0.213.